The van der Waals surface area contributed by atoms with Gasteiger partial charge in [-0.25, -0.2) is 13.6 Å². The number of rotatable bonds is 3. The third kappa shape index (κ3) is 2.77. The van der Waals surface area contributed by atoms with E-state index in [-0.39, 0.29) is 25.1 Å². The quantitative estimate of drug-likeness (QED) is 0.791. The van der Waals surface area contributed by atoms with Gasteiger partial charge < -0.3 is 14.4 Å². The zero-order chi connectivity index (χ0) is 14.0. The molecule has 6 heteroatoms. The zero-order valence-electron chi connectivity index (χ0n) is 10.8. The minimum absolute atomic E-state index is 0.159. The second kappa shape index (κ2) is 5.03. The topological polar surface area (TPSA) is 38.8 Å². The summed E-state index contributed by atoms with van der Waals surface area (Å²) >= 11 is 0. The Labute approximate surface area is 109 Å². The van der Waals surface area contributed by atoms with Crippen molar-refractivity contribution in [2.75, 3.05) is 32.2 Å². The van der Waals surface area contributed by atoms with Crippen molar-refractivity contribution in [1.82, 2.24) is 0 Å². The van der Waals surface area contributed by atoms with E-state index in [2.05, 4.69) is 4.74 Å². The highest BCUT2D eigenvalue weighted by molar-refractivity contribution is 5.93. The second-order valence-corrected chi connectivity index (χ2v) is 4.40. The number of benzene rings is 1. The summed E-state index contributed by atoms with van der Waals surface area (Å²) in [5.41, 5.74) is 0.890. The van der Waals surface area contributed by atoms with Gasteiger partial charge in [-0.2, -0.15) is 0 Å². The molecule has 1 heterocycles. The largest absolute Gasteiger partial charge is 0.496 e. The number of alkyl halides is 2. The molecule has 0 bridgehead atoms. The first-order valence-electron chi connectivity index (χ1n) is 5.86. The van der Waals surface area contributed by atoms with Crippen LogP contribution in [0.1, 0.15) is 16.8 Å². The van der Waals surface area contributed by atoms with E-state index in [1.165, 1.54) is 20.3 Å². The third-order valence-electron chi connectivity index (χ3n) is 3.13. The highest BCUT2D eigenvalue weighted by Gasteiger charge is 2.38. The number of carbonyl (C=O) groups is 1. The molecular weight excluding hydrogens is 256 g/mol. The number of esters is 1. The third-order valence-corrected chi connectivity index (χ3v) is 3.13. The first-order valence-corrected chi connectivity index (χ1v) is 5.86. The van der Waals surface area contributed by atoms with Gasteiger partial charge in [0.15, 0.2) is 0 Å². The molecule has 1 aliphatic heterocycles. The molecule has 0 amide bonds. The molecule has 0 N–H and O–H groups in total. The smallest absolute Gasteiger partial charge is 0.341 e. The first kappa shape index (κ1) is 13.6. The Morgan fingerprint density at radius 2 is 2.11 bits per heavy atom. The molecule has 0 saturated carbocycles. The summed E-state index contributed by atoms with van der Waals surface area (Å²) in [5, 5.41) is 0. The molecule has 19 heavy (non-hydrogen) atoms. The summed E-state index contributed by atoms with van der Waals surface area (Å²) in [6, 6.07) is 4.72. The van der Waals surface area contributed by atoms with Gasteiger partial charge in [-0.05, 0) is 12.1 Å². The van der Waals surface area contributed by atoms with Crippen molar-refractivity contribution in [3.8, 4) is 5.75 Å². The maximum Gasteiger partial charge on any atom is 0.341 e. The van der Waals surface area contributed by atoms with Crippen LogP contribution in [0.5, 0.6) is 5.75 Å². The Bertz CT molecular complexity index is 491. The van der Waals surface area contributed by atoms with Crippen LogP contribution in [0.25, 0.3) is 0 Å². The fourth-order valence-corrected chi connectivity index (χ4v) is 2.11. The summed E-state index contributed by atoms with van der Waals surface area (Å²) in [6.07, 6.45) is -0.159. The van der Waals surface area contributed by atoms with Crippen LogP contribution in [0.4, 0.5) is 14.5 Å². The molecule has 1 aliphatic rings. The van der Waals surface area contributed by atoms with E-state index in [0.717, 1.165) is 0 Å². The van der Waals surface area contributed by atoms with Crippen LogP contribution in [0.2, 0.25) is 0 Å². The van der Waals surface area contributed by atoms with Crippen LogP contribution in [-0.2, 0) is 4.74 Å². The first-order chi connectivity index (χ1) is 8.96. The number of hydrogen-bond donors (Lipinski definition) is 0. The summed E-state index contributed by atoms with van der Waals surface area (Å²) in [5.74, 6) is -2.86. The monoisotopic (exact) mass is 271 g/mol. The highest BCUT2D eigenvalue weighted by atomic mass is 19.3. The molecule has 0 atom stereocenters. The molecule has 0 aliphatic carbocycles. The molecule has 104 valence electrons. The molecular formula is C13H15F2NO3. The van der Waals surface area contributed by atoms with Crippen molar-refractivity contribution in [3.05, 3.63) is 23.8 Å². The van der Waals surface area contributed by atoms with Crippen molar-refractivity contribution in [1.29, 1.82) is 0 Å². The molecule has 0 unspecified atom stereocenters. The van der Waals surface area contributed by atoms with E-state index >= 15 is 0 Å². The van der Waals surface area contributed by atoms with Gasteiger partial charge in [-0.3, -0.25) is 0 Å². The summed E-state index contributed by atoms with van der Waals surface area (Å²) < 4.78 is 36.1. The molecule has 0 radical (unpaired) electrons. The van der Waals surface area contributed by atoms with Crippen molar-refractivity contribution >= 4 is 11.7 Å². The van der Waals surface area contributed by atoms with E-state index in [1.807, 2.05) is 0 Å². The highest BCUT2D eigenvalue weighted by Crippen LogP contribution is 2.33. The normalized spacial score (nSPS) is 17.4. The fourth-order valence-electron chi connectivity index (χ4n) is 2.11. The average Bonchev–Trinajstić information content (AvgIpc) is 2.77. The van der Waals surface area contributed by atoms with Gasteiger partial charge in [0, 0.05) is 24.7 Å². The lowest BCUT2D eigenvalue weighted by Crippen LogP contribution is -2.24. The minimum atomic E-state index is -2.66. The van der Waals surface area contributed by atoms with Crippen molar-refractivity contribution in [2.45, 2.75) is 12.3 Å². The van der Waals surface area contributed by atoms with Crippen molar-refractivity contribution < 1.29 is 23.0 Å². The molecule has 2 rings (SSSR count). The van der Waals surface area contributed by atoms with Crippen LogP contribution in [0.15, 0.2) is 18.2 Å². The Morgan fingerprint density at radius 3 is 2.63 bits per heavy atom. The molecule has 1 saturated heterocycles. The van der Waals surface area contributed by atoms with E-state index in [9.17, 15) is 13.6 Å². The van der Waals surface area contributed by atoms with E-state index in [1.54, 1.807) is 17.0 Å². The van der Waals surface area contributed by atoms with Gasteiger partial charge in [-0.1, -0.05) is 0 Å². The molecule has 1 aromatic rings. The molecule has 1 fully saturated rings. The predicted molar refractivity (Wildman–Crippen MR) is 66.1 cm³/mol. The van der Waals surface area contributed by atoms with Gasteiger partial charge in [0.1, 0.15) is 11.3 Å². The Balaban J connectivity index is 2.27. The van der Waals surface area contributed by atoms with Gasteiger partial charge >= 0.3 is 5.97 Å². The van der Waals surface area contributed by atoms with Gasteiger partial charge in [0.25, 0.3) is 5.92 Å². The Hall–Kier alpha value is -1.85. The Morgan fingerprint density at radius 1 is 1.37 bits per heavy atom. The maximum atomic E-state index is 13.2. The fraction of sp³-hybridized carbons (Fsp3) is 0.462. The van der Waals surface area contributed by atoms with Crippen LogP contribution in [0.3, 0.4) is 0 Å². The lowest BCUT2D eigenvalue weighted by Gasteiger charge is -2.19. The average molecular weight is 271 g/mol. The summed E-state index contributed by atoms with van der Waals surface area (Å²) in [6.45, 7) is -0.0263. The lowest BCUT2D eigenvalue weighted by atomic mass is 10.1. The molecule has 1 aromatic carbocycles. The van der Waals surface area contributed by atoms with Gasteiger partial charge in [0.05, 0.1) is 20.8 Å². The number of nitrogens with zero attached hydrogens (tertiary/aromatic N) is 1. The zero-order valence-corrected chi connectivity index (χ0v) is 10.8. The van der Waals surface area contributed by atoms with E-state index in [0.29, 0.717) is 11.4 Å². The van der Waals surface area contributed by atoms with Crippen molar-refractivity contribution in [3.63, 3.8) is 0 Å². The predicted octanol–water partition coefficient (Wildman–Crippen LogP) is 2.33. The lowest BCUT2D eigenvalue weighted by molar-refractivity contribution is 0.0257. The maximum absolute atomic E-state index is 13.2. The van der Waals surface area contributed by atoms with Crippen LogP contribution in [0, 0.1) is 0 Å². The summed E-state index contributed by atoms with van der Waals surface area (Å²) in [4.78, 5) is 13.1. The van der Waals surface area contributed by atoms with Gasteiger partial charge in [-0.15, -0.1) is 0 Å². The van der Waals surface area contributed by atoms with E-state index in [4.69, 9.17) is 4.74 Å². The van der Waals surface area contributed by atoms with Gasteiger partial charge in [0.2, 0.25) is 0 Å². The van der Waals surface area contributed by atoms with Crippen LogP contribution >= 0.6 is 0 Å². The second-order valence-electron chi connectivity index (χ2n) is 4.40. The van der Waals surface area contributed by atoms with Crippen LogP contribution in [-0.4, -0.2) is 39.2 Å². The standard InChI is InChI=1S/C13H15F2NO3/c1-18-11-7-9(3-4-10(11)12(17)19-2)16-6-5-13(14,15)8-16/h3-4,7H,5-6,8H2,1-2H3. The summed E-state index contributed by atoms with van der Waals surface area (Å²) in [7, 11) is 2.70. The minimum Gasteiger partial charge on any atom is -0.496 e. The number of methoxy groups -OCH3 is 2. The molecule has 4 nitrogen and oxygen atoms in total. The number of anilines is 1. The molecule has 0 aromatic heterocycles. The van der Waals surface area contributed by atoms with Crippen molar-refractivity contribution in [2.24, 2.45) is 0 Å². The number of halogens is 2. The SMILES string of the molecule is COC(=O)c1ccc(N2CCC(F)(F)C2)cc1OC. The Kier molecular flexibility index (Phi) is 3.59. The van der Waals surface area contributed by atoms with Crippen LogP contribution < -0.4 is 9.64 Å². The number of ether oxygens (including phenoxy) is 2. The number of hydrogen-bond acceptors (Lipinski definition) is 4. The molecule has 0 spiro atoms. The van der Waals surface area contributed by atoms with E-state index < -0.39 is 11.9 Å². The number of carbonyl (C=O) groups excluding carboxylic acids is 1.